The van der Waals surface area contributed by atoms with Crippen LogP contribution in [0.15, 0.2) is 84.9 Å². The van der Waals surface area contributed by atoms with Gasteiger partial charge in [0, 0.05) is 18.3 Å². The molecule has 2 heterocycles. The van der Waals surface area contributed by atoms with Crippen molar-refractivity contribution in [3.05, 3.63) is 96.1 Å². The summed E-state index contributed by atoms with van der Waals surface area (Å²) in [5.74, 6) is -1.16. The van der Waals surface area contributed by atoms with Crippen LogP contribution in [0.5, 0.6) is 11.5 Å². The van der Waals surface area contributed by atoms with Crippen LogP contribution in [0.25, 0.3) is 0 Å². The maximum atomic E-state index is 14.1. The molecule has 0 radical (unpaired) electrons. The Morgan fingerprint density at radius 2 is 1.73 bits per heavy atom. The number of hydrogen-bond acceptors (Lipinski definition) is 6. The van der Waals surface area contributed by atoms with Crippen molar-refractivity contribution in [1.82, 2.24) is 4.90 Å². The van der Waals surface area contributed by atoms with Gasteiger partial charge in [0.1, 0.15) is 12.6 Å². The topological polar surface area (TPSA) is 105 Å². The fourth-order valence-corrected chi connectivity index (χ4v) is 5.66. The first-order valence-electron chi connectivity index (χ1n) is 13.6. The van der Waals surface area contributed by atoms with Gasteiger partial charge in [0.2, 0.25) is 18.6 Å². The van der Waals surface area contributed by atoms with Crippen LogP contribution >= 0.6 is 0 Å². The maximum Gasteiger partial charge on any atom is 0.299 e. The molecule has 0 bridgehead atoms. The van der Waals surface area contributed by atoms with Gasteiger partial charge < -0.3 is 19.7 Å². The Balaban J connectivity index is 1.33. The monoisotopic (exact) mass is 551 g/mol. The van der Waals surface area contributed by atoms with Gasteiger partial charge in [-0.1, -0.05) is 54.6 Å². The highest BCUT2D eigenvalue weighted by molar-refractivity contribution is 6.52. The third kappa shape index (κ3) is 5.30. The number of carbonyl (C=O) groups is 4. The molecule has 2 atom stereocenters. The number of ether oxygens (including phenoxy) is 2. The highest BCUT2D eigenvalue weighted by atomic mass is 16.7. The zero-order chi connectivity index (χ0) is 28.3. The number of rotatable bonds is 8. The van der Waals surface area contributed by atoms with Crippen molar-refractivity contribution >= 4 is 34.9 Å². The van der Waals surface area contributed by atoms with E-state index in [2.05, 4.69) is 11.4 Å². The number of anilines is 2. The Kier molecular flexibility index (Phi) is 7.24. The van der Waals surface area contributed by atoms with E-state index in [9.17, 15) is 19.2 Å². The molecule has 9 nitrogen and oxygen atoms in total. The van der Waals surface area contributed by atoms with Crippen LogP contribution < -0.4 is 19.7 Å². The number of para-hydroxylation sites is 1. The van der Waals surface area contributed by atoms with Crippen LogP contribution in [-0.2, 0) is 20.9 Å². The molecule has 1 N–H and O–H groups in total. The second-order valence-corrected chi connectivity index (χ2v) is 10.3. The first kappa shape index (κ1) is 26.3. The minimum Gasteiger partial charge on any atom is -0.454 e. The van der Waals surface area contributed by atoms with Gasteiger partial charge in [-0.25, -0.2) is 0 Å². The SMILES string of the molecule is O=C1C(=O)N(CC(=O)N(Cc2ccccc2)[C@H](C(=O)Nc2ccc3c(c2)OCO3)[C@H]2CC=CCC2)c2ccccc21. The van der Waals surface area contributed by atoms with Gasteiger partial charge >= 0.3 is 0 Å². The largest absolute Gasteiger partial charge is 0.454 e. The number of nitrogens with one attached hydrogen (secondary N) is 1. The summed E-state index contributed by atoms with van der Waals surface area (Å²) in [6.07, 6.45) is 6.26. The molecule has 9 heteroatoms. The fourth-order valence-electron chi connectivity index (χ4n) is 5.66. The van der Waals surface area contributed by atoms with Crippen molar-refractivity contribution in [1.29, 1.82) is 0 Å². The fraction of sp³-hybridized carbons (Fsp3) is 0.250. The minimum absolute atomic E-state index is 0.115. The molecule has 0 saturated heterocycles. The number of allylic oxidation sites excluding steroid dienone is 2. The summed E-state index contributed by atoms with van der Waals surface area (Å²) in [7, 11) is 0. The molecule has 0 saturated carbocycles. The van der Waals surface area contributed by atoms with E-state index in [1.54, 1.807) is 47.4 Å². The van der Waals surface area contributed by atoms with Crippen molar-refractivity contribution in [2.24, 2.45) is 5.92 Å². The number of ketones is 1. The second-order valence-electron chi connectivity index (χ2n) is 10.3. The minimum atomic E-state index is -0.832. The molecule has 3 aromatic rings. The Morgan fingerprint density at radius 3 is 2.54 bits per heavy atom. The van der Waals surface area contributed by atoms with Gasteiger partial charge in [-0.3, -0.25) is 24.1 Å². The van der Waals surface area contributed by atoms with E-state index in [1.807, 2.05) is 36.4 Å². The summed E-state index contributed by atoms with van der Waals surface area (Å²) in [4.78, 5) is 56.5. The van der Waals surface area contributed by atoms with E-state index in [1.165, 1.54) is 4.90 Å². The maximum absolute atomic E-state index is 14.1. The number of amides is 3. The molecule has 3 aliphatic rings. The average molecular weight is 552 g/mol. The molecular weight excluding hydrogens is 522 g/mol. The summed E-state index contributed by atoms with van der Waals surface area (Å²) in [5, 5.41) is 2.99. The van der Waals surface area contributed by atoms with Crippen LogP contribution in [0, 0.1) is 5.92 Å². The number of carbonyl (C=O) groups excluding carboxylic acids is 4. The lowest BCUT2D eigenvalue weighted by molar-refractivity contribution is -0.140. The van der Waals surface area contributed by atoms with Crippen molar-refractivity contribution < 1.29 is 28.7 Å². The Morgan fingerprint density at radius 1 is 0.951 bits per heavy atom. The lowest BCUT2D eigenvalue weighted by atomic mass is 9.85. The second kappa shape index (κ2) is 11.3. The molecule has 0 unspecified atom stereocenters. The number of benzene rings is 3. The molecule has 3 amide bonds. The van der Waals surface area contributed by atoms with Gasteiger partial charge in [-0.15, -0.1) is 0 Å². The number of hydrogen-bond donors (Lipinski definition) is 1. The molecule has 208 valence electrons. The average Bonchev–Trinajstić information content (AvgIpc) is 3.56. The summed E-state index contributed by atoms with van der Waals surface area (Å²) in [5.41, 5.74) is 2.04. The van der Waals surface area contributed by atoms with E-state index in [4.69, 9.17) is 9.47 Å². The van der Waals surface area contributed by atoms with E-state index in [-0.39, 0.29) is 37.3 Å². The molecule has 1 aliphatic carbocycles. The Labute approximate surface area is 237 Å². The van der Waals surface area contributed by atoms with E-state index in [0.29, 0.717) is 29.3 Å². The molecule has 3 aromatic carbocycles. The highest BCUT2D eigenvalue weighted by Crippen LogP contribution is 2.35. The van der Waals surface area contributed by atoms with E-state index < -0.39 is 23.6 Å². The van der Waals surface area contributed by atoms with Gasteiger partial charge in [0.15, 0.2) is 11.5 Å². The van der Waals surface area contributed by atoms with Crippen molar-refractivity contribution in [3.63, 3.8) is 0 Å². The van der Waals surface area contributed by atoms with Crippen molar-refractivity contribution in [2.45, 2.75) is 31.8 Å². The Hall–Kier alpha value is -4.92. The summed E-state index contributed by atoms with van der Waals surface area (Å²) < 4.78 is 10.9. The molecule has 0 spiro atoms. The zero-order valence-electron chi connectivity index (χ0n) is 22.3. The lowest BCUT2D eigenvalue weighted by Gasteiger charge is -2.37. The van der Waals surface area contributed by atoms with Crippen LogP contribution in [0.1, 0.15) is 35.2 Å². The predicted octanol–water partition coefficient (Wildman–Crippen LogP) is 4.34. The van der Waals surface area contributed by atoms with E-state index >= 15 is 0 Å². The van der Waals surface area contributed by atoms with Gasteiger partial charge in [-0.2, -0.15) is 0 Å². The molecule has 0 fully saturated rings. The van der Waals surface area contributed by atoms with Crippen LogP contribution in [0.2, 0.25) is 0 Å². The predicted molar refractivity (Wildman–Crippen MR) is 152 cm³/mol. The van der Waals surface area contributed by atoms with Gasteiger partial charge in [0.25, 0.3) is 11.7 Å². The smallest absolute Gasteiger partial charge is 0.299 e. The first-order chi connectivity index (χ1) is 20.0. The molecule has 2 aliphatic heterocycles. The molecule has 41 heavy (non-hydrogen) atoms. The molecule has 0 aromatic heterocycles. The van der Waals surface area contributed by atoms with Crippen molar-refractivity contribution in [3.8, 4) is 11.5 Å². The van der Waals surface area contributed by atoms with Crippen LogP contribution in [-0.4, -0.2) is 47.8 Å². The third-order valence-electron chi connectivity index (χ3n) is 7.69. The van der Waals surface area contributed by atoms with Crippen molar-refractivity contribution in [2.75, 3.05) is 23.6 Å². The standard InChI is InChI=1S/C32H29N3O6/c36-28(19-34-25-14-8-7-13-24(25)30(37)32(34)39)35(18-21-9-3-1-4-10-21)29(22-11-5-2-6-12-22)31(38)33-23-15-16-26-27(17-23)41-20-40-26/h1-5,7-10,13-17,22,29H,6,11-12,18-20H2,(H,33,38)/t22-,29-/m0/s1. The summed E-state index contributed by atoms with van der Waals surface area (Å²) in [6, 6.07) is 20.4. The molecule has 6 rings (SSSR count). The van der Waals surface area contributed by atoms with Gasteiger partial charge in [0.05, 0.1) is 11.3 Å². The van der Waals surface area contributed by atoms with Crippen LogP contribution in [0.4, 0.5) is 11.4 Å². The van der Waals surface area contributed by atoms with Crippen LogP contribution in [0.3, 0.4) is 0 Å². The number of fused-ring (bicyclic) bond motifs is 2. The number of nitrogens with zero attached hydrogens (tertiary/aromatic N) is 2. The summed E-state index contributed by atoms with van der Waals surface area (Å²) in [6.45, 7) is -0.0779. The Bertz CT molecular complexity index is 1540. The third-order valence-corrected chi connectivity index (χ3v) is 7.69. The zero-order valence-corrected chi connectivity index (χ0v) is 22.3. The summed E-state index contributed by atoms with van der Waals surface area (Å²) >= 11 is 0. The quantitative estimate of drug-likeness (QED) is 0.330. The first-order valence-corrected chi connectivity index (χ1v) is 13.6. The highest BCUT2D eigenvalue weighted by Gasteiger charge is 2.41. The lowest BCUT2D eigenvalue weighted by Crippen LogP contribution is -2.54. The number of Topliss-reactive ketones (excluding diaryl/α,β-unsaturated/α-hetero) is 1. The molecular formula is C32H29N3O6. The normalized spacial score (nSPS) is 17.8. The van der Waals surface area contributed by atoms with E-state index in [0.717, 1.165) is 18.4 Å². The van der Waals surface area contributed by atoms with Gasteiger partial charge in [-0.05, 0) is 55.0 Å².